The van der Waals surface area contributed by atoms with Crippen molar-refractivity contribution in [3.05, 3.63) is 11.6 Å². The van der Waals surface area contributed by atoms with Gasteiger partial charge in [-0.2, -0.15) is 0 Å². The monoisotopic (exact) mass is 564 g/mol. The van der Waals surface area contributed by atoms with E-state index in [0.29, 0.717) is 19.8 Å². The average Bonchev–Trinajstić information content (AvgIpc) is 3.41. The Morgan fingerprint density at radius 3 is 1.95 bits per heavy atom. The first-order valence-electron chi connectivity index (χ1n) is 14.4. The summed E-state index contributed by atoms with van der Waals surface area (Å²) >= 11 is 1.45. The quantitative estimate of drug-likeness (QED) is 0.0780. The predicted octanol–water partition coefficient (Wildman–Crippen LogP) is 7.98. The average molecular weight is 565 g/mol. The molecule has 0 radical (unpaired) electrons. The topological polar surface area (TPSA) is 99.1 Å². The molecule has 10 heteroatoms. The van der Waals surface area contributed by atoms with Gasteiger partial charge in [-0.3, -0.25) is 9.05 Å². The van der Waals surface area contributed by atoms with E-state index in [1.54, 1.807) is 6.20 Å². The van der Waals surface area contributed by atoms with E-state index in [1.165, 1.54) is 115 Å². The molecule has 0 spiro atoms. The molecule has 2 unspecified atom stereocenters. The molecule has 0 bridgehead atoms. The van der Waals surface area contributed by atoms with Gasteiger partial charge in [0.2, 0.25) is 0 Å². The number of anilines is 1. The Labute approximate surface area is 229 Å². The third kappa shape index (κ3) is 22.0. The first-order valence-corrected chi connectivity index (χ1v) is 16.8. The largest absolute Gasteiger partial charge is 0.472 e. The smallest absolute Gasteiger partial charge is 0.379 e. The first-order chi connectivity index (χ1) is 18.1. The Morgan fingerprint density at radius 1 is 0.865 bits per heavy atom. The van der Waals surface area contributed by atoms with Gasteiger partial charge in [0.05, 0.1) is 19.8 Å². The van der Waals surface area contributed by atoms with Crippen LogP contribution in [0.4, 0.5) is 5.13 Å². The lowest BCUT2D eigenvalue weighted by molar-refractivity contribution is -0.0219. The summed E-state index contributed by atoms with van der Waals surface area (Å²) in [5.41, 5.74) is 0. The molecule has 0 saturated heterocycles. The zero-order chi connectivity index (χ0) is 26.9. The van der Waals surface area contributed by atoms with Crippen LogP contribution in [0.25, 0.3) is 0 Å². The molecular formula is C27H53N2O6PS. The Kier molecular flexibility index (Phi) is 22.8. The van der Waals surface area contributed by atoms with Gasteiger partial charge >= 0.3 is 7.82 Å². The second-order valence-electron chi connectivity index (χ2n) is 9.60. The van der Waals surface area contributed by atoms with E-state index in [9.17, 15) is 9.46 Å². The highest BCUT2D eigenvalue weighted by molar-refractivity contribution is 7.47. The molecule has 0 aliphatic rings. The molecule has 8 nitrogen and oxygen atoms in total. The minimum absolute atomic E-state index is 0.0285. The van der Waals surface area contributed by atoms with Gasteiger partial charge in [-0.15, -0.1) is 11.3 Å². The molecule has 0 fully saturated rings. The lowest BCUT2D eigenvalue weighted by Gasteiger charge is -2.18. The number of methoxy groups -OCH3 is 1. The Balaban J connectivity index is 1.86. The molecule has 0 saturated carbocycles. The van der Waals surface area contributed by atoms with Crippen molar-refractivity contribution >= 4 is 24.3 Å². The number of hydrogen-bond acceptors (Lipinski definition) is 8. The van der Waals surface area contributed by atoms with Crippen LogP contribution in [0.5, 0.6) is 0 Å². The molecule has 1 aromatic rings. The van der Waals surface area contributed by atoms with Crippen molar-refractivity contribution in [2.45, 2.75) is 116 Å². The van der Waals surface area contributed by atoms with Crippen molar-refractivity contribution in [1.82, 2.24) is 4.98 Å². The van der Waals surface area contributed by atoms with Gasteiger partial charge in [-0.05, 0) is 6.42 Å². The van der Waals surface area contributed by atoms with Crippen molar-refractivity contribution < 1.29 is 28.0 Å². The van der Waals surface area contributed by atoms with E-state index in [-0.39, 0.29) is 13.2 Å². The highest BCUT2D eigenvalue weighted by atomic mass is 32.1. The maximum Gasteiger partial charge on any atom is 0.472 e. The number of ether oxygens (including phenoxy) is 2. The third-order valence-corrected chi connectivity index (χ3v) is 7.98. The van der Waals surface area contributed by atoms with E-state index in [0.717, 1.165) is 11.6 Å². The highest BCUT2D eigenvalue weighted by Gasteiger charge is 2.23. The van der Waals surface area contributed by atoms with Crippen LogP contribution in [-0.2, 0) is 23.1 Å². The number of unbranched alkanes of at least 4 members (excludes halogenated alkanes) is 15. The van der Waals surface area contributed by atoms with Crippen molar-refractivity contribution in [2.24, 2.45) is 0 Å². The summed E-state index contributed by atoms with van der Waals surface area (Å²) in [5.74, 6) is 0. The fourth-order valence-electron chi connectivity index (χ4n) is 4.00. The van der Waals surface area contributed by atoms with Crippen LogP contribution in [0.15, 0.2) is 11.6 Å². The van der Waals surface area contributed by atoms with Gasteiger partial charge in [0.15, 0.2) is 5.13 Å². The SMILES string of the molecule is CCCCCCCCCCCCCCCCCCOCC(COP(=O)(O)OCCNc1nccs1)OC. The highest BCUT2D eigenvalue weighted by Crippen LogP contribution is 2.43. The maximum atomic E-state index is 12.0. The van der Waals surface area contributed by atoms with Crippen molar-refractivity contribution in [3.63, 3.8) is 0 Å². The molecule has 2 N–H and O–H groups in total. The van der Waals surface area contributed by atoms with Crippen molar-refractivity contribution in [1.29, 1.82) is 0 Å². The molecular weight excluding hydrogens is 511 g/mol. The second-order valence-corrected chi connectivity index (χ2v) is 11.9. The summed E-state index contributed by atoms with van der Waals surface area (Å²) in [5, 5.41) is 5.58. The third-order valence-electron chi connectivity index (χ3n) is 6.27. The summed E-state index contributed by atoms with van der Waals surface area (Å²) in [4.78, 5) is 13.9. The number of thiazole rings is 1. The summed E-state index contributed by atoms with van der Waals surface area (Å²) < 4.78 is 33.0. The number of nitrogens with one attached hydrogen (secondary N) is 1. The van der Waals surface area contributed by atoms with Crippen molar-refractivity contribution in [3.8, 4) is 0 Å². The summed E-state index contributed by atoms with van der Waals surface area (Å²) in [6.07, 6.45) is 22.7. The number of nitrogens with zero attached hydrogens (tertiary/aromatic N) is 1. The number of rotatable bonds is 28. The molecule has 218 valence electrons. The first kappa shape index (κ1) is 34.5. The van der Waals surface area contributed by atoms with Crippen LogP contribution in [0, 0.1) is 0 Å². The molecule has 2 atom stereocenters. The Morgan fingerprint density at radius 2 is 1.43 bits per heavy atom. The molecule has 0 aliphatic carbocycles. The Bertz CT molecular complexity index is 653. The van der Waals surface area contributed by atoms with E-state index < -0.39 is 13.9 Å². The van der Waals surface area contributed by atoms with Gasteiger partial charge in [0, 0.05) is 31.8 Å². The van der Waals surface area contributed by atoms with Crippen LogP contribution >= 0.6 is 19.2 Å². The van der Waals surface area contributed by atoms with Gasteiger partial charge in [-0.25, -0.2) is 9.55 Å². The number of aromatic nitrogens is 1. The number of phosphoric ester groups is 1. The fraction of sp³-hybridized carbons (Fsp3) is 0.889. The molecule has 0 aromatic carbocycles. The van der Waals surface area contributed by atoms with E-state index >= 15 is 0 Å². The van der Waals surface area contributed by atoms with Crippen LogP contribution in [0.2, 0.25) is 0 Å². The molecule has 0 amide bonds. The second kappa shape index (κ2) is 24.5. The molecule has 0 aliphatic heterocycles. The number of phosphoric acid groups is 1. The number of hydrogen-bond donors (Lipinski definition) is 2. The fourth-order valence-corrected chi connectivity index (χ4v) is 5.30. The van der Waals surface area contributed by atoms with Crippen LogP contribution in [-0.4, -0.2) is 56.1 Å². The molecule has 1 heterocycles. The van der Waals surface area contributed by atoms with Crippen molar-refractivity contribution in [2.75, 3.05) is 45.4 Å². The van der Waals surface area contributed by atoms with E-state index in [4.69, 9.17) is 18.5 Å². The summed E-state index contributed by atoms with van der Waals surface area (Å²) in [6.45, 7) is 3.58. The minimum atomic E-state index is -4.14. The van der Waals surface area contributed by atoms with Gasteiger partial charge < -0.3 is 19.7 Å². The standard InChI is InChI=1S/C27H53N2O6PS/c1-3-4-5-6-7-8-9-10-11-12-13-14-15-16-17-18-21-33-24-26(32-2)25-35-36(30,31)34-22-19-28-27-29-20-23-37-27/h20,23,26H,3-19,21-22,24-25H2,1-2H3,(H,28,29)(H,30,31). The Hall–Kier alpha value is -0.540. The zero-order valence-electron chi connectivity index (χ0n) is 23.4. The van der Waals surface area contributed by atoms with Crippen LogP contribution in [0.3, 0.4) is 0 Å². The molecule has 1 rings (SSSR count). The molecule has 1 aromatic heterocycles. The van der Waals surface area contributed by atoms with Gasteiger partial charge in [0.25, 0.3) is 0 Å². The van der Waals surface area contributed by atoms with Crippen LogP contribution < -0.4 is 5.32 Å². The summed E-state index contributed by atoms with van der Waals surface area (Å²) in [6, 6.07) is 0. The maximum absolute atomic E-state index is 12.0. The van der Waals surface area contributed by atoms with Gasteiger partial charge in [0.1, 0.15) is 6.10 Å². The van der Waals surface area contributed by atoms with Gasteiger partial charge in [-0.1, -0.05) is 103 Å². The lowest BCUT2D eigenvalue weighted by atomic mass is 10.0. The van der Waals surface area contributed by atoms with Crippen LogP contribution in [0.1, 0.15) is 110 Å². The lowest BCUT2D eigenvalue weighted by Crippen LogP contribution is -2.24. The zero-order valence-corrected chi connectivity index (χ0v) is 25.1. The predicted molar refractivity (Wildman–Crippen MR) is 153 cm³/mol. The summed E-state index contributed by atoms with van der Waals surface area (Å²) in [7, 11) is -2.60. The van der Waals surface area contributed by atoms with E-state index in [1.807, 2.05) is 5.38 Å². The molecule has 37 heavy (non-hydrogen) atoms. The minimum Gasteiger partial charge on any atom is -0.379 e. The normalized spacial score (nSPS) is 14.0. The van der Waals surface area contributed by atoms with E-state index in [2.05, 4.69) is 17.2 Å².